The third kappa shape index (κ3) is 5.58. The highest BCUT2D eigenvalue weighted by Gasteiger charge is 2.33. The van der Waals surface area contributed by atoms with E-state index in [4.69, 9.17) is 11.6 Å². The number of carboxylic acid groups (broad SMARTS) is 1. The topological polar surface area (TPSA) is 71.4 Å². The molecule has 2 aromatic rings. The first kappa shape index (κ1) is 19.5. The van der Waals surface area contributed by atoms with Crippen molar-refractivity contribution in [1.29, 1.82) is 0 Å². The van der Waals surface area contributed by atoms with Crippen LogP contribution in [0.3, 0.4) is 0 Å². The van der Waals surface area contributed by atoms with E-state index in [2.05, 4.69) is 0 Å². The molecule has 0 fully saturated rings. The summed E-state index contributed by atoms with van der Waals surface area (Å²) in [4.78, 5) is 11.5. The Morgan fingerprint density at radius 3 is 2.20 bits per heavy atom. The lowest BCUT2D eigenvalue weighted by Gasteiger charge is -2.13. The number of hydrogen-bond donors (Lipinski definition) is 1. The van der Waals surface area contributed by atoms with Gasteiger partial charge in [-0.1, -0.05) is 54.8 Å². The van der Waals surface area contributed by atoms with Crippen LogP contribution in [0.5, 0.6) is 0 Å². The van der Waals surface area contributed by atoms with E-state index in [0.29, 0.717) is 11.4 Å². The Labute approximate surface area is 153 Å². The average molecular weight is 381 g/mol. The van der Waals surface area contributed by atoms with Crippen molar-refractivity contribution in [2.75, 3.05) is 0 Å². The summed E-state index contributed by atoms with van der Waals surface area (Å²) in [5, 5.41) is 8.34. The molecule has 1 atom stereocenters. The van der Waals surface area contributed by atoms with Gasteiger partial charge >= 0.3 is 5.97 Å². The van der Waals surface area contributed by atoms with Gasteiger partial charge in [-0.3, -0.25) is 4.79 Å². The molecule has 0 aromatic heterocycles. The molecule has 2 aromatic carbocycles. The molecule has 2 rings (SSSR count). The number of benzene rings is 2. The minimum absolute atomic E-state index is 0.00594. The minimum atomic E-state index is -3.91. The van der Waals surface area contributed by atoms with Gasteiger partial charge < -0.3 is 5.11 Å². The lowest BCUT2D eigenvalue weighted by molar-refractivity contribution is -0.136. The average Bonchev–Trinajstić information content (AvgIpc) is 2.58. The van der Waals surface area contributed by atoms with E-state index in [1.54, 1.807) is 0 Å². The lowest BCUT2D eigenvalue weighted by atomic mass is 10.1. The summed E-state index contributed by atoms with van der Waals surface area (Å²) in [6.07, 6.45) is 3.25. The summed E-state index contributed by atoms with van der Waals surface area (Å²) in [6.45, 7) is 0. The highest BCUT2D eigenvalue weighted by Crippen LogP contribution is 2.23. The Bertz CT molecular complexity index is 786. The van der Waals surface area contributed by atoms with E-state index in [-0.39, 0.29) is 11.3 Å². The maximum Gasteiger partial charge on any atom is 0.322 e. The van der Waals surface area contributed by atoms with E-state index in [0.717, 1.165) is 19.3 Å². The van der Waals surface area contributed by atoms with Gasteiger partial charge in [0.2, 0.25) is 0 Å². The van der Waals surface area contributed by atoms with Gasteiger partial charge in [0.1, 0.15) is 0 Å². The first-order chi connectivity index (χ1) is 11.9. The number of unbranched alkanes of at least 4 members (excludes halogenated alkanes) is 2. The molecule has 0 radical (unpaired) electrons. The van der Waals surface area contributed by atoms with Gasteiger partial charge in [0.25, 0.3) is 0 Å². The fourth-order valence-corrected chi connectivity index (χ4v) is 4.39. The number of sulfone groups is 1. The van der Waals surface area contributed by atoms with E-state index in [1.807, 2.05) is 30.3 Å². The SMILES string of the molecule is O=C(O)C(CCCCCc1ccccc1)S(=O)(=O)c1ccc(Cl)cc1. The lowest BCUT2D eigenvalue weighted by Crippen LogP contribution is -2.30. The summed E-state index contributed by atoms with van der Waals surface area (Å²) in [5.41, 5.74) is 1.23. The van der Waals surface area contributed by atoms with Crippen molar-refractivity contribution in [2.45, 2.75) is 42.2 Å². The van der Waals surface area contributed by atoms with Crippen molar-refractivity contribution in [1.82, 2.24) is 0 Å². The van der Waals surface area contributed by atoms with Crippen molar-refractivity contribution >= 4 is 27.4 Å². The van der Waals surface area contributed by atoms with Gasteiger partial charge in [-0.25, -0.2) is 8.42 Å². The number of carboxylic acids is 1. The minimum Gasteiger partial charge on any atom is -0.480 e. The molecule has 0 saturated carbocycles. The standard InChI is InChI=1S/C19H21ClO4S/c20-16-11-13-17(14-12-16)25(23,24)18(19(21)22)10-6-2-5-9-15-7-3-1-4-8-15/h1,3-4,7-8,11-14,18H,2,5-6,9-10H2,(H,21,22). The van der Waals surface area contributed by atoms with Crippen LogP contribution in [-0.2, 0) is 21.1 Å². The third-order valence-electron chi connectivity index (χ3n) is 4.07. The number of halogens is 1. The molecular weight excluding hydrogens is 360 g/mol. The predicted molar refractivity (Wildman–Crippen MR) is 98.7 cm³/mol. The van der Waals surface area contributed by atoms with Gasteiger partial charge in [-0.05, 0) is 49.1 Å². The molecule has 0 amide bonds. The number of aryl methyl sites for hydroxylation is 1. The van der Waals surface area contributed by atoms with Crippen molar-refractivity contribution in [3.63, 3.8) is 0 Å². The van der Waals surface area contributed by atoms with Crippen LogP contribution >= 0.6 is 11.6 Å². The van der Waals surface area contributed by atoms with Crippen molar-refractivity contribution in [2.24, 2.45) is 0 Å². The van der Waals surface area contributed by atoms with Gasteiger partial charge in [-0.2, -0.15) is 0 Å². The van der Waals surface area contributed by atoms with Crippen LogP contribution in [0, 0.1) is 0 Å². The molecule has 0 aliphatic rings. The van der Waals surface area contributed by atoms with E-state index in [1.165, 1.54) is 29.8 Å². The molecule has 6 heteroatoms. The molecule has 0 bridgehead atoms. The van der Waals surface area contributed by atoms with Crippen LogP contribution in [0.25, 0.3) is 0 Å². The van der Waals surface area contributed by atoms with Gasteiger partial charge in [0.15, 0.2) is 15.1 Å². The zero-order chi connectivity index (χ0) is 18.3. The Hall–Kier alpha value is -1.85. The molecular formula is C19H21ClO4S. The van der Waals surface area contributed by atoms with E-state index >= 15 is 0 Å². The van der Waals surface area contributed by atoms with Crippen LogP contribution in [-0.4, -0.2) is 24.7 Å². The van der Waals surface area contributed by atoms with Gasteiger partial charge in [-0.15, -0.1) is 0 Å². The number of carbonyl (C=O) groups is 1. The molecule has 0 aliphatic carbocycles. The van der Waals surface area contributed by atoms with Crippen molar-refractivity contribution in [3.05, 3.63) is 65.2 Å². The quantitative estimate of drug-likeness (QED) is 0.655. The molecule has 1 unspecified atom stereocenters. The molecule has 0 heterocycles. The maximum atomic E-state index is 12.5. The van der Waals surface area contributed by atoms with Crippen LogP contribution in [0.2, 0.25) is 5.02 Å². The smallest absolute Gasteiger partial charge is 0.322 e. The first-order valence-corrected chi connectivity index (χ1v) is 10.1. The maximum absolute atomic E-state index is 12.5. The predicted octanol–water partition coefficient (Wildman–Crippen LogP) is 4.37. The van der Waals surface area contributed by atoms with Crippen LogP contribution in [0.15, 0.2) is 59.5 Å². The summed E-state index contributed by atoms with van der Waals surface area (Å²) in [5.74, 6) is -1.31. The number of rotatable bonds is 9. The molecule has 0 spiro atoms. The molecule has 134 valence electrons. The Morgan fingerprint density at radius 1 is 0.960 bits per heavy atom. The monoisotopic (exact) mass is 380 g/mol. The normalized spacial score (nSPS) is 12.7. The number of hydrogen-bond acceptors (Lipinski definition) is 3. The zero-order valence-corrected chi connectivity index (χ0v) is 15.3. The van der Waals surface area contributed by atoms with E-state index in [9.17, 15) is 18.3 Å². The number of aliphatic carboxylic acids is 1. The Morgan fingerprint density at radius 2 is 1.60 bits per heavy atom. The third-order valence-corrected chi connectivity index (χ3v) is 6.43. The van der Waals surface area contributed by atoms with Crippen LogP contribution in [0.1, 0.15) is 31.2 Å². The molecule has 0 aliphatic heterocycles. The fraction of sp³-hybridized carbons (Fsp3) is 0.316. The molecule has 4 nitrogen and oxygen atoms in total. The molecule has 25 heavy (non-hydrogen) atoms. The summed E-state index contributed by atoms with van der Waals surface area (Å²) in [7, 11) is -3.91. The summed E-state index contributed by atoms with van der Waals surface area (Å²) in [6, 6.07) is 15.6. The highest BCUT2D eigenvalue weighted by atomic mass is 35.5. The van der Waals surface area contributed by atoms with Gasteiger partial charge in [0, 0.05) is 5.02 Å². The highest BCUT2D eigenvalue weighted by molar-refractivity contribution is 7.92. The summed E-state index contributed by atoms with van der Waals surface area (Å²) >= 11 is 5.76. The van der Waals surface area contributed by atoms with Crippen LogP contribution < -0.4 is 0 Å². The largest absolute Gasteiger partial charge is 0.480 e. The van der Waals surface area contributed by atoms with Crippen molar-refractivity contribution in [3.8, 4) is 0 Å². The first-order valence-electron chi connectivity index (χ1n) is 8.17. The zero-order valence-electron chi connectivity index (χ0n) is 13.8. The van der Waals surface area contributed by atoms with Gasteiger partial charge in [0.05, 0.1) is 4.90 Å². The summed E-state index contributed by atoms with van der Waals surface area (Å²) < 4.78 is 25.1. The van der Waals surface area contributed by atoms with Crippen molar-refractivity contribution < 1.29 is 18.3 Å². The van der Waals surface area contributed by atoms with E-state index < -0.39 is 21.1 Å². The molecule has 1 N–H and O–H groups in total. The second kappa shape index (κ2) is 9.02. The molecule has 0 saturated heterocycles. The second-order valence-electron chi connectivity index (χ2n) is 5.91. The Balaban J connectivity index is 1.92. The fourth-order valence-electron chi connectivity index (χ4n) is 2.68. The second-order valence-corrected chi connectivity index (χ2v) is 8.48. The van der Waals surface area contributed by atoms with Crippen LogP contribution in [0.4, 0.5) is 0 Å². The Kier molecular flexibility index (Phi) is 7.02.